The number of hydrogen-bond acceptors (Lipinski definition) is 22. The van der Waals surface area contributed by atoms with Crippen LogP contribution in [0.4, 0.5) is 36.4 Å². The predicted molar refractivity (Wildman–Crippen MR) is 455 cm³/mol. The summed E-state index contributed by atoms with van der Waals surface area (Å²) in [5.41, 5.74) is 10.2. The van der Waals surface area contributed by atoms with Gasteiger partial charge < -0.3 is 45.9 Å². The molecule has 9 heterocycles. The molecule has 0 bridgehead atoms. The van der Waals surface area contributed by atoms with E-state index in [0.29, 0.717) is 131 Å². The first-order valence-electron chi connectivity index (χ1n) is 38.5. The van der Waals surface area contributed by atoms with Gasteiger partial charge in [-0.1, -0.05) is 134 Å². The molecule has 2 aliphatic heterocycles. The number of para-hydroxylation sites is 3. The van der Waals surface area contributed by atoms with E-state index in [-0.39, 0.29) is 49.7 Å². The lowest BCUT2D eigenvalue weighted by Crippen LogP contribution is -2.45. The Hall–Kier alpha value is -14.7. The number of hydrogen-bond donors (Lipinski definition) is 4. The zero-order valence-corrected chi connectivity index (χ0v) is 67.7. The fraction of sp³-hybridized carbons (Fsp3) is 0.205. The van der Waals surface area contributed by atoms with Crippen molar-refractivity contribution < 1.29 is 36.8 Å². The SMILES string of the molecule is CC[C@H](N)c1nc2cccc(F)c2c(=O)n1-c1ccccc1.CC[C@H](Nc1ncnc2c1C(=O)N(C)CN2)c1nc2cccc(F)c2c(=O)n1-c1ccccc1.CC[C@H](Nc1ncnc2c1C(=O)N(C)CN2Cc1ccc(OC)cc1)c1nc2cccc(F)c2c(=O)n1-c1ccccc1.COc1ccc(C[n+]2cn(C)c(=O)c3c(Cl)ncnc32)cc1. The number of rotatable bonds is 19. The topological polar surface area (TPSA) is 332 Å². The molecular weight excluding hydrogens is 1570 g/mol. The summed E-state index contributed by atoms with van der Waals surface area (Å²) in [5, 5.41) is 10.1. The highest BCUT2D eigenvalue weighted by Crippen LogP contribution is 2.35. The number of halogens is 4. The second-order valence-electron chi connectivity index (χ2n) is 28.2. The molecule has 0 saturated heterocycles. The Morgan fingerprint density at radius 1 is 0.488 bits per heavy atom. The number of aryl methyl sites for hydroxylation is 1. The van der Waals surface area contributed by atoms with Crippen LogP contribution in [-0.4, -0.2) is 126 Å². The quantitative estimate of drug-likeness (QED) is 0.0431. The number of carbonyl (C=O) groups excluding carboxylic acids is 2. The zero-order valence-electron chi connectivity index (χ0n) is 66.9. The molecule has 15 aromatic rings. The van der Waals surface area contributed by atoms with E-state index >= 15 is 0 Å². The molecule has 0 aliphatic carbocycles. The predicted octanol–water partition coefficient (Wildman–Crippen LogP) is 12.5. The number of benzene rings is 8. The van der Waals surface area contributed by atoms with Crippen molar-refractivity contribution in [2.45, 2.75) is 71.2 Å². The average Bonchev–Trinajstić information content (AvgIpc) is 0.753. The Morgan fingerprint density at radius 2 is 0.926 bits per heavy atom. The number of methoxy groups -OCH3 is 2. The first-order chi connectivity index (χ1) is 58.6. The van der Waals surface area contributed by atoms with Crippen molar-refractivity contribution in [3.63, 3.8) is 0 Å². The minimum Gasteiger partial charge on any atom is -0.497 e. The summed E-state index contributed by atoms with van der Waals surface area (Å²) in [6, 6.07) is 54.2. The Bertz CT molecular complexity index is 6640. The number of nitrogens with zero attached hydrogens (tertiary/aromatic N) is 17. The molecule has 0 spiro atoms. The highest BCUT2D eigenvalue weighted by Gasteiger charge is 2.35. The number of fused-ring (bicyclic) bond motifs is 6. The van der Waals surface area contributed by atoms with Crippen LogP contribution in [0.2, 0.25) is 5.15 Å². The number of carbonyl (C=O) groups is 2. The molecule has 5 N–H and O–H groups in total. The van der Waals surface area contributed by atoms with Gasteiger partial charge in [-0.15, -0.1) is 0 Å². The number of nitrogens with two attached hydrogens (primary N) is 1. The van der Waals surface area contributed by atoms with Gasteiger partial charge in [0.25, 0.3) is 34.1 Å². The van der Waals surface area contributed by atoms with E-state index in [0.717, 1.165) is 22.6 Å². The Balaban J connectivity index is 0.000000137. The van der Waals surface area contributed by atoms with Gasteiger partial charge in [-0.25, -0.2) is 67.0 Å². The molecule has 8 aromatic carbocycles. The van der Waals surface area contributed by atoms with Gasteiger partial charge in [-0.05, 0) is 127 Å². The monoisotopic (exact) mass is 1650 g/mol. The second kappa shape index (κ2) is 36.5. The maximum Gasteiger partial charge on any atom is 0.323 e. The van der Waals surface area contributed by atoms with E-state index < -0.39 is 52.3 Å². The molecule has 121 heavy (non-hydrogen) atoms. The summed E-state index contributed by atoms with van der Waals surface area (Å²) in [7, 11) is 8.33. The zero-order chi connectivity index (χ0) is 85.3. The molecule has 7 aromatic heterocycles. The van der Waals surface area contributed by atoms with Gasteiger partial charge in [0.05, 0.1) is 92.9 Å². The third kappa shape index (κ3) is 17.1. The highest BCUT2D eigenvalue weighted by molar-refractivity contribution is 6.33. The first kappa shape index (κ1) is 82.9. The van der Waals surface area contributed by atoms with E-state index in [1.54, 1.807) is 125 Å². The Kier molecular flexibility index (Phi) is 25.0. The first-order valence-corrected chi connectivity index (χ1v) is 38.9. The van der Waals surface area contributed by atoms with E-state index in [4.69, 9.17) is 36.8 Å². The fourth-order valence-electron chi connectivity index (χ4n) is 14.2. The van der Waals surface area contributed by atoms with Crippen LogP contribution in [0.1, 0.15) is 107 Å². The van der Waals surface area contributed by atoms with Crippen LogP contribution in [0.5, 0.6) is 11.5 Å². The number of nitrogens with one attached hydrogen (secondary N) is 3. The van der Waals surface area contributed by atoms with Crippen LogP contribution in [0.25, 0.3) is 60.8 Å². The van der Waals surface area contributed by atoms with Gasteiger partial charge in [0, 0.05) is 20.6 Å². The van der Waals surface area contributed by atoms with Crippen molar-refractivity contribution in [2.75, 3.05) is 62.5 Å². The summed E-state index contributed by atoms with van der Waals surface area (Å²) in [5.74, 6) is 2.05. The van der Waals surface area contributed by atoms with Crippen LogP contribution < -0.4 is 62.9 Å². The molecule has 0 unspecified atom stereocenters. The normalized spacial score (nSPS) is 13.0. The lowest BCUT2D eigenvalue weighted by atomic mass is 10.1. The molecule has 3 atom stereocenters. The molecular formula is C88H82ClF3N21O8+. The van der Waals surface area contributed by atoms with Gasteiger partial charge in [0.15, 0.2) is 23.2 Å². The standard InChI is InChI=1S/C32H30FN7O3.C24H22FN7O2.C17H16FN3O.C15H14ClN4O2/c1-4-24(29-37-25-12-8-11-23(33)26(25)32(42)40(29)21-9-6-5-7-10-21)36-28-27-30(35-18-34-28)39(19-38(2)31(27)41)17-20-13-15-22(43-3)16-14-20;1-3-16(29-21-19-20(26-12-27-21)28-13-31(2)23(19)33)22-30-17-11-7-10-15(25)18(17)24(34)32(22)14-8-5-4-6-9-14;1-2-13(19)16-20-14-10-6-9-12(18)15(14)17(22)21(16)11-7-4-3-5-8-11;1-19-9-20(7-10-3-5-11(22-2)6-4-10)14-12(15(19)21)13(16)17-8-18-14/h5-16,18,24H,4,17,19H2,1-3H3,(H,34,35,36);4-12,16H,3,13H2,1-2H3,(H2,26,27,28,29);3-10,13H,2,19H2,1H3;3-6,8-9H,7H2,1-2H3/q;;;+1/t24-;16-;13-;/m000./s1. The number of ether oxygens (including phenoxy) is 2. The van der Waals surface area contributed by atoms with Crippen LogP contribution in [-0.2, 0) is 20.1 Å². The van der Waals surface area contributed by atoms with Gasteiger partial charge in [0.2, 0.25) is 0 Å². The molecule has 29 nitrogen and oxygen atoms in total. The maximum atomic E-state index is 14.9. The fourth-order valence-corrected chi connectivity index (χ4v) is 14.4. The van der Waals surface area contributed by atoms with E-state index in [1.807, 2.05) is 109 Å². The summed E-state index contributed by atoms with van der Waals surface area (Å²) in [6.07, 6.45) is 7.47. The Labute approximate surface area is 694 Å². The van der Waals surface area contributed by atoms with Crippen LogP contribution in [0.15, 0.2) is 239 Å². The van der Waals surface area contributed by atoms with Crippen LogP contribution in [0.3, 0.4) is 0 Å². The van der Waals surface area contributed by atoms with E-state index in [2.05, 4.69) is 50.8 Å². The number of amides is 2. The number of anilines is 4. The van der Waals surface area contributed by atoms with Crippen molar-refractivity contribution in [3.05, 3.63) is 323 Å². The van der Waals surface area contributed by atoms with E-state index in [1.165, 1.54) is 78.5 Å². The van der Waals surface area contributed by atoms with Gasteiger partial charge >= 0.3 is 5.56 Å². The summed E-state index contributed by atoms with van der Waals surface area (Å²) < 4.78 is 61.6. The molecule has 2 aliphatic rings. The molecule has 2 amide bonds. The van der Waals surface area contributed by atoms with Crippen molar-refractivity contribution in [3.8, 4) is 28.6 Å². The van der Waals surface area contributed by atoms with Crippen LogP contribution >= 0.6 is 11.6 Å². The van der Waals surface area contributed by atoms with E-state index in [9.17, 15) is 41.9 Å². The van der Waals surface area contributed by atoms with Gasteiger partial charge in [-0.2, -0.15) is 0 Å². The van der Waals surface area contributed by atoms with Crippen molar-refractivity contribution in [1.29, 1.82) is 0 Å². The van der Waals surface area contributed by atoms with Gasteiger partial charge in [0.1, 0.15) is 110 Å². The third-order valence-electron chi connectivity index (χ3n) is 20.4. The van der Waals surface area contributed by atoms with Crippen LogP contribution in [0, 0.1) is 17.5 Å². The maximum absolute atomic E-state index is 14.9. The summed E-state index contributed by atoms with van der Waals surface area (Å²) >= 11 is 6.05. The minimum absolute atomic E-state index is 0.0154. The number of aromatic nitrogens is 14. The summed E-state index contributed by atoms with van der Waals surface area (Å²) in [6.45, 7) is 7.53. The lowest BCUT2D eigenvalue weighted by molar-refractivity contribution is -0.668. The molecule has 0 fully saturated rings. The molecule has 614 valence electrons. The average molecular weight is 1650 g/mol. The van der Waals surface area contributed by atoms with Crippen molar-refractivity contribution >= 4 is 90.4 Å². The van der Waals surface area contributed by atoms with Crippen molar-refractivity contribution in [2.24, 2.45) is 12.8 Å². The minimum atomic E-state index is -0.636. The third-order valence-corrected chi connectivity index (χ3v) is 20.7. The second-order valence-corrected chi connectivity index (χ2v) is 28.6. The molecule has 33 heteroatoms. The smallest absolute Gasteiger partial charge is 0.323 e. The largest absolute Gasteiger partial charge is 0.497 e. The lowest BCUT2D eigenvalue weighted by Gasteiger charge is -2.36. The van der Waals surface area contributed by atoms with Gasteiger partial charge in [-0.3, -0.25) is 37.7 Å². The molecule has 0 radical (unpaired) electrons. The summed E-state index contributed by atoms with van der Waals surface area (Å²) in [4.78, 5) is 123. The Morgan fingerprint density at radius 3 is 1.40 bits per heavy atom. The highest BCUT2D eigenvalue weighted by atomic mass is 35.5. The molecule has 17 rings (SSSR count). The van der Waals surface area contributed by atoms with Crippen molar-refractivity contribution in [1.82, 2.24) is 72.9 Å². The molecule has 0 saturated carbocycles.